The molecule has 1 heterocycles. The van der Waals surface area contributed by atoms with Gasteiger partial charge in [0, 0.05) is 18.4 Å². The lowest BCUT2D eigenvalue weighted by atomic mass is 10.1. The monoisotopic (exact) mass is 240 g/mol. The van der Waals surface area contributed by atoms with Crippen molar-refractivity contribution in [2.24, 2.45) is 0 Å². The van der Waals surface area contributed by atoms with Crippen molar-refractivity contribution < 1.29 is 0 Å². The topological polar surface area (TPSA) is 24.9 Å². The van der Waals surface area contributed by atoms with E-state index in [1.165, 1.54) is 16.7 Å². The number of nitrogens with one attached hydrogen (secondary N) is 1. The van der Waals surface area contributed by atoms with Crippen LogP contribution in [0.15, 0.2) is 48.8 Å². The van der Waals surface area contributed by atoms with Gasteiger partial charge in [0.25, 0.3) is 0 Å². The Morgan fingerprint density at radius 2 is 1.94 bits per heavy atom. The van der Waals surface area contributed by atoms with Gasteiger partial charge in [0.2, 0.25) is 0 Å². The first-order valence-electron chi connectivity index (χ1n) is 6.44. The summed E-state index contributed by atoms with van der Waals surface area (Å²) in [6.07, 6.45) is 4.73. The average molecular weight is 240 g/mol. The van der Waals surface area contributed by atoms with Gasteiger partial charge < -0.3 is 5.32 Å². The third-order valence-corrected chi connectivity index (χ3v) is 3.16. The molecule has 1 atom stereocenters. The van der Waals surface area contributed by atoms with Crippen LogP contribution in [0.3, 0.4) is 0 Å². The Bertz CT molecular complexity index is 479. The highest BCUT2D eigenvalue weighted by atomic mass is 14.9. The van der Waals surface area contributed by atoms with E-state index in [2.05, 4.69) is 60.5 Å². The molecule has 0 radical (unpaired) electrons. The molecule has 0 fully saturated rings. The maximum Gasteiger partial charge on any atom is 0.0292 e. The van der Waals surface area contributed by atoms with Gasteiger partial charge >= 0.3 is 0 Å². The number of aryl methyl sites for hydroxylation is 1. The Morgan fingerprint density at radius 3 is 2.67 bits per heavy atom. The molecule has 0 aliphatic carbocycles. The smallest absolute Gasteiger partial charge is 0.0292 e. The lowest BCUT2D eigenvalue weighted by Crippen LogP contribution is -2.21. The van der Waals surface area contributed by atoms with Crippen molar-refractivity contribution in [3.05, 3.63) is 65.5 Å². The van der Waals surface area contributed by atoms with E-state index < -0.39 is 0 Å². The van der Waals surface area contributed by atoms with Crippen molar-refractivity contribution in [3.63, 3.8) is 0 Å². The van der Waals surface area contributed by atoms with Crippen molar-refractivity contribution in [2.75, 3.05) is 6.54 Å². The van der Waals surface area contributed by atoms with E-state index in [1.54, 1.807) is 0 Å². The Balaban J connectivity index is 1.83. The van der Waals surface area contributed by atoms with Gasteiger partial charge in [-0.1, -0.05) is 29.8 Å². The van der Waals surface area contributed by atoms with Gasteiger partial charge in [-0.2, -0.15) is 0 Å². The molecule has 0 aliphatic rings. The Labute approximate surface area is 109 Å². The van der Waals surface area contributed by atoms with Gasteiger partial charge in [-0.05, 0) is 50.1 Å². The molecule has 1 aromatic carbocycles. The molecule has 18 heavy (non-hydrogen) atoms. The number of nitrogens with zero attached hydrogens (tertiary/aromatic N) is 1. The summed E-state index contributed by atoms with van der Waals surface area (Å²) in [6.45, 7) is 5.33. The summed E-state index contributed by atoms with van der Waals surface area (Å²) in [4.78, 5) is 4.03. The summed E-state index contributed by atoms with van der Waals surface area (Å²) in [6, 6.07) is 13.2. The molecule has 1 N–H and O–H groups in total. The normalized spacial score (nSPS) is 12.3. The second-order valence-corrected chi connectivity index (χ2v) is 4.70. The zero-order valence-electron chi connectivity index (χ0n) is 11.1. The lowest BCUT2D eigenvalue weighted by molar-refractivity contribution is 0.576. The van der Waals surface area contributed by atoms with Crippen LogP contribution in [0.1, 0.15) is 29.7 Å². The maximum absolute atomic E-state index is 4.03. The molecule has 0 saturated heterocycles. The zero-order chi connectivity index (χ0) is 12.8. The molecule has 0 amide bonds. The fourth-order valence-electron chi connectivity index (χ4n) is 2.04. The molecule has 1 aromatic heterocycles. The summed E-state index contributed by atoms with van der Waals surface area (Å²) in [5.74, 6) is 0. The third kappa shape index (κ3) is 3.67. The molecule has 1 unspecified atom stereocenters. The van der Waals surface area contributed by atoms with Gasteiger partial charge in [-0.15, -0.1) is 0 Å². The van der Waals surface area contributed by atoms with E-state index in [1.807, 2.05) is 12.4 Å². The van der Waals surface area contributed by atoms with Gasteiger partial charge in [0.1, 0.15) is 0 Å². The molecule has 0 saturated carbocycles. The molecule has 2 aromatic rings. The van der Waals surface area contributed by atoms with E-state index in [4.69, 9.17) is 0 Å². The van der Waals surface area contributed by atoms with Crippen LogP contribution in [0.2, 0.25) is 0 Å². The van der Waals surface area contributed by atoms with Crippen molar-refractivity contribution in [1.82, 2.24) is 10.3 Å². The fraction of sp³-hybridized carbons (Fsp3) is 0.312. The largest absolute Gasteiger partial charge is 0.310 e. The summed E-state index contributed by atoms with van der Waals surface area (Å²) < 4.78 is 0. The number of hydrogen-bond donors (Lipinski definition) is 1. The fourth-order valence-corrected chi connectivity index (χ4v) is 2.04. The molecular weight excluding hydrogens is 220 g/mol. The Kier molecular flexibility index (Phi) is 4.48. The Morgan fingerprint density at radius 1 is 1.17 bits per heavy atom. The van der Waals surface area contributed by atoms with Gasteiger partial charge in [0.15, 0.2) is 0 Å². The summed E-state index contributed by atoms with van der Waals surface area (Å²) in [7, 11) is 0. The van der Waals surface area contributed by atoms with E-state index in [0.717, 1.165) is 13.0 Å². The first-order chi connectivity index (χ1) is 8.75. The minimum absolute atomic E-state index is 0.395. The summed E-state index contributed by atoms with van der Waals surface area (Å²) in [5, 5.41) is 3.55. The standard InChI is InChI=1S/C16H20N2/c1-13-4-3-5-16(12-13)14(2)18-11-8-15-6-9-17-10-7-15/h3-7,9-10,12,14,18H,8,11H2,1-2H3. The van der Waals surface area contributed by atoms with E-state index >= 15 is 0 Å². The van der Waals surface area contributed by atoms with Gasteiger partial charge in [-0.25, -0.2) is 0 Å². The van der Waals surface area contributed by atoms with E-state index in [9.17, 15) is 0 Å². The van der Waals surface area contributed by atoms with E-state index in [0.29, 0.717) is 6.04 Å². The van der Waals surface area contributed by atoms with Crippen LogP contribution in [-0.4, -0.2) is 11.5 Å². The summed E-state index contributed by atoms with van der Waals surface area (Å²) in [5.41, 5.74) is 3.99. The van der Waals surface area contributed by atoms with Crippen molar-refractivity contribution in [2.45, 2.75) is 26.3 Å². The first kappa shape index (κ1) is 12.8. The van der Waals surface area contributed by atoms with Crippen LogP contribution in [0.25, 0.3) is 0 Å². The number of benzene rings is 1. The Hall–Kier alpha value is -1.67. The number of rotatable bonds is 5. The number of pyridine rings is 1. The molecule has 94 valence electrons. The minimum atomic E-state index is 0.395. The second kappa shape index (κ2) is 6.31. The van der Waals surface area contributed by atoms with Crippen LogP contribution in [-0.2, 0) is 6.42 Å². The van der Waals surface area contributed by atoms with Crippen LogP contribution < -0.4 is 5.32 Å². The second-order valence-electron chi connectivity index (χ2n) is 4.70. The minimum Gasteiger partial charge on any atom is -0.310 e. The van der Waals surface area contributed by atoms with Crippen molar-refractivity contribution >= 4 is 0 Å². The SMILES string of the molecule is Cc1cccc(C(C)NCCc2ccncc2)c1. The molecule has 2 nitrogen and oxygen atoms in total. The van der Waals surface area contributed by atoms with Gasteiger partial charge in [0.05, 0.1) is 0 Å². The highest BCUT2D eigenvalue weighted by molar-refractivity contribution is 5.24. The van der Waals surface area contributed by atoms with Gasteiger partial charge in [-0.3, -0.25) is 4.98 Å². The van der Waals surface area contributed by atoms with Crippen LogP contribution in [0.4, 0.5) is 0 Å². The van der Waals surface area contributed by atoms with Crippen molar-refractivity contribution in [1.29, 1.82) is 0 Å². The third-order valence-electron chi connectivity index (χ3n) is 3.16. The average Bonchev–Trinajstić information content (AvgIpc) is 2.40. The van der Waals surface area contributed by atoms with Crippen molar-refractivity contribution in [3.8, 4) is 0 Å². The predicted molar refractivity (Wildman–Crippen MR) is 75.5 cm³/mol. The quantitative estimate of drug-likeness (QED) is 0.867. The molecule has 2 rings (SSSR count). The molecule has 2 heteroatoms. The molecule has 0 aliphatic heterocycles. The van der Waals surface area contributed by atoms with Crippen LogP contribution in [0.5, 0.6) is 0 Å². The lowest BCUT2D eigenvalue weighted by Gasteiger charge is -2.14. The highest BCUT2D eigenvalue weighted by Gasteiger charge is 2.04. The summed E-state index contributed by atoms with van der Waals surface area (Å²) >= 11 is 0. The number of aromatic nitrogens is 1. The zero-order valence-corrected chi connectivity index (χ0v) is 11.1. The number of hydrogen-bond acceptors (Lipinski definition) is 2. The molecule has 0 spiro atoms. The van der Waals surface area contributed by atoms with E-state index in [-0.39, 0.29) is 0 Å². The molecular formula is C16H20N2. The first-order valence-corrected chi connectivity index (χ1v) is 6.44. The molecule has 0 bridgehead atoms. The maximum atomic E-state index is 4.03. The highest BCUT2D eigenvalue weighted by Crippen LogP contribution is 2.13. The predicted octanol–water partition coefficient (Wildman–Crippen LogP) is 3.28. The van der Waals surface area contributed by atoms with Crippen LogP contribution in [0, 0.1) is 6.92 Å². The van der Waals surface area contributed by atoms with Crippen LogP contribution >= 0.6 is 0 Å².